The number of carbonyl (C=O) groups is 2. The standard InChI is InChI=1S/C19H19BrN2O4S/c1-4-12-8-13(20)6-7-15(12)26-10-16(23)22-18-14(9-21)11(3)17(27-18)19(24)25-5-2/h6-8H,4-5,10H2,1-3H3,(H,22,23). The van der Waals surface area contributed by atoms with E-state index in [4.69, 9.17) is 9.47 Å². The number of nitrogens with one attached hydrogen (secondary N) is 1. The van der Waals surface area contributed by atoms with Crippen LogP contribution in [0.4, 0.5) is 5.00 Å². The van der Waals surface area contributed by atoms with Crippen molar-refractivity contribution >= 4 is 44.1 Å². The molecule has 0 unspecified atom stereocenters. The van der Waals surface area contributed by atoms with Gasteiger partial charge in [0.15, 0.2) is 6.61 Å². The van der Waals surface area contributed by atoms with Gasteiger partial charge >= 0.3 is 5.97 Å². The number of nitriles is 1. The zero-order valence-corrected chi connectivity index (χ0v) is 17.6. The summed E-state index contributed by atoms with van der Waals surface area (Å²) in [5, 5.41) is 12.3. The van der Waals surface area contributed by atoms with Crippen molar-refractivity contribution < 1.29 is 19.1 Å². The summed E-state index contributed by atoms with van der Waals surface area (Å²) in [6.07, 6.45) is 0.766. The highest BCUT2D eigenvalue weighted by Gasteiger charge is 2.22. The van der Waals surface area contributed by atoms with Crippen LogP contribution in [0.25, 0.3) is 0 Å². The molecule has 0 aliphatic carbocycles. The van der Waals surface area contributed by atoms with Gasteiger partial charge in [0.05, 0.1) is 12.2 Å². The number of carbonyl (C=O) groups excluding carboxylic acids is 2. The summed E-state index contributed by atoms with van der Waals surface area (Å²) in [5.74, 6) is -0.283. The van der Waals surface area contributed by atoms with Crippen molar-refractivity contribution in [2.45, 2.75) is 27.2 Å². The Morgan fingerprint density at radius 2 is 2.07 bits per heavy atom. The van der Waals surface area contributed by atoms with Crippen molar-refractivity contribution in [3.05, 3.63) is 44.2 Å². The van der Waals surface area contributed by atoms with Gasteiger partial charge < -0.3 is 14.8 Å². The molecule has 1 heterocycles. The number of esters is 1. The Balaban J connectivity index is 2.11. The Hall–Kier alpha value is -2.37. The summed E-state index contributed by atoms with van der Waals surface area (Å²) in [6, 6.07) is 7.60. The maximum atomic E-state index is 12.3. The second kappa shape index (κ2) is 9.53. The molecule has 0 saturated carbocycles. The fourth-order valence-corrected chi connectivity index (χ4v) is 3.87. The number of aryl methyl sites for hydroxylation is 1. The first-order chi connectivity index (χ1) is 12.9. The van der Waals surface area contributed by atoms with Gasteiger partial charge in [-0.2, -0.15) is 5.26 Å². The van der Waals surface area contributed by atoms with E-state index in [-0.39, 0.29) is 18.8 Å². The van der Waals surface area contributed by atoms with E-state index in [0.717, 1.165) is 27.8 Å². The number of hydrogen-bond acceptors (Lipinski definition) is 6. The van der Waals surface area contributed by atoms with E-state index in [9.17, 15) is 14.9 Å². The van der Waals surface area contributed by atoms with E-state index in [1.54, 1.807) is 19.9 Å². The van der Waals surface area contributed by atoms with Gasteiger partial charge in [-0.15, -0.1) is 11.3 Å². The second-order valence-electron chi connectivity index (χ2n) is 5.54. The van der Waals surface area contributed by atoms with Crippen LogP contribution in [-0.2, 0) is 16.0 Å². The Morgan fingerprint density at radius 1 is 1.33 bits per heavy atom. The van der Waals surface area contributed by atoms with Crippen LogP contribution in [-0.4, -0.2) is 25.1 Å². The Labute approximate surface area is 170 Å². The lowest BCUT2D eigenvalue weighted by molar-refractivity contribution is -0.118. The zero-order chi connectivity index (χ0) is 20.0. The molecule has 2 aromatic rings. The Morgan fingerprint density at radius 3 is 2.70 bits per heavy atom. The first-order valence-corrected chi connectivity index (χ1v) is 9.93. The Bertz CT molecular complexity index is 902. The van der Waals surface area contributed by atoms with E-state index in [1.165, 1.54) is 0 Å². The van der Waals surface area contributed by atoms with Crippen molar-refractivity contribution in [1.82, 2.24) is 0 Å². The molecule has 1 aromatic carbocycles. The first-order valence-electron chi connectivity index (χ1n) is 8.32. The zero-order valence-electron chi connectivity index (χ0n) is 15.2. The molecule has 142 valence electrons. The number of halogens is 1. The molecule has 6 nitrogen and oxygen atoms in total. The molecule has 8 heteroatoms. The summed E-state index contributed by atoms with van der Waals surface area (Å²) in [5.41, 5.74) is 1.74. The summed E-state index contributed by atoms with van der Waals surface area (Å²) >= 11 is 4.43. The molecule has 1 aromatic heterocycles. The average Bonchev–Trinajstić information content (AvgIpc) is 2.95. The van der Waals surface area contributed by atoms with Crippen LogP contribution in [0.15, 0.2) is 22.7 Å². The van der Waals surface area contributed by atoms with Crippen molar-refractivity contribution in [2.24, 2.45) is 0 Å². The molecular formula is C19H19BrN2O4S. The van der Waals surface area contributed by atoms with E-state index in [0.29, 0.717) is 21.2 Å². The smallest absolute Gasteiger partial charge is 0.348 e. The lowest BCUT2D eigenvalue weighted by Crippen LogP contribution is -2.20. The molecule has 27 heavy (non-hydrogen) atoms. The highest BCUT2D eigenvalue weighted by Crippen LogP contribution is 2.33. The van der Waals surface area contributed by atoms with Crippen LogP contribution < -0.4 is 10.1 Å². The SMILES string of the molecule is CCOC(=O)c1sc(NC(=O)COc2ccc(Br)cc2CC)c(C#N)c1C. The van der Waals surface area contributed by atoms with Crippen molar-refractivity contribution in [3.8, 4) is 11.8 Å². The topological polar surface area (TPSA) is 88.4 Å². The molecule has 0 bridgehead atoms. The molecule has 0 saturated heterocycles. The van der Waals surface area contributed by atoms with Crippen LogP contribution in [0.2, 0.25) is 0 Å². The maximum Gasteiger partial charge on any atom is 0.348 e. The van der Waals surface area contributed by atoms with E-state index >= 15 is 0 Å². The van der Waals surface area contributed by atoms with Gasteiger partial charge in [-0.3, -0.25) is 4.79 Å². The fraction of sp³-hybridized carbons (Fsp3) is 0.316. The van der Waals surface area contributed by atoms with Crippen LogP contribution in [0.3, 0.4) is 0 Å². The number of benzene rings is 1. The van der Waals surface area contributed by atoms with Gasteiger partial charge in [0, 0.05) is 4.47 Å². The summed E-state index contributed by atoms with van der Waals surface area (Å²) in [7, 11) is 0. The molecular weight excluding hydrogens is 432 g/mol. The van der Waals surface area contributed by atoms with Crippen LogP contribution in [0, 0.1) is 18.3 Å². The minimum Gasteiger partial charge on any atom is -0.483 e. The molecule has 0 aliphatic rings. The summed E-state index contributed by atoms with van der Waals surface area (Å²) < 4.78 is 11.5. The van der Waals surface area contributed by atoms with Gasteiger partial charge in [0.25, 0.3) is 5.91 Å². The summed E-state index contributed by atoms with van der Waals surface area (Å²) in [6.45, 7) is 5.40. The fourth-order valence-electron chi connectivity index (χ4n) is 2.40. The lowest BCUT2D eigenvalue weighted by Gasteiger charge is -2.10. The number of anilines is 1. The van der Waals surface area contributed by atoms with E-state index in [2.05, 4.69) is 21.2 Å². The first kappa shape index (κ1) is 20.9. The van der Waals surface area contributed by atoms with Crippen LogP contribution in [0.5, 0.6) is 5.75 Å². The molecule has 1 amide bonds. The van der Waals surface area contributed by atoms with Crippen molar-refractivity contribution in [1.29, 1.82) is 5.26 Å². The van der Waals surface area contributed by atoms with Gasteiger partial charge in [0.1, 0.15) is 21.7 Å². The molecule has 0 aliphatic heterocycles. The maximum absolute atomic E-state index is 12.3. The largest absolute Gasteiger partial charge is 0.483 e. The van der Waals surface area contributed by atoms with E-state index < -0.39 is 11.9 Å². The molecule has 0 atom stereocenters. The number of amides is 1. The molecule has 0 spiro atoms. The van der Waals surface area contributed by atoms with Gasteiger partial charge in [0.2, 0.25) is 0 Å². The minimum absolute atomic E-state index is 0.203. The number of nitrogens with zero attached hydrogens (tertiary/aromatic N) is 1. The predicted octanol–water partition coefficient (Wildman–Crippen LogP) is 4.45. The third-order valence-electron chi connectivity index (χ3n) is 3.73. The molecule has 1 N–H and O–H groups in total. The Kier molecular flexibility index (Phi) is 7.39. The van der Waals surface area contributed by atoms with E-state index in [1.807, 2.05) is 25.1 Å². The van der Waals surface area contributed by atoms with Crippen molar-refractivity contribution in [3.63, 3.8) is 0 Å². The van der Waals surface area contributed by atoms with Crippen LogP contribution in [0.1, 0.15) is 40.2 Å². The highest BCUT2D eigenvalue weighted by molar-refractivity contribution is 9.10. The van der Waals surface area contributed by atoms with Crippen LogP contribution >= 0.6 is 27.3 Å². The predicted molar refractivity (Wildman–Crippen MR) is 107 cm³/mol. The third kappa shape index (κ3) is 5.08. The summed E-state index contributed by atoms with van der Waals surface area (Å²) in [4.78, 5) is 24.6. The number of hydrogen-bond donors (Lipinski definition) is 1. The lowest BCUT2D eigenvalue weighted by atomic mass is 10.1. The van der Waals surface area contributed by atoms with Gasteiger partial charge in [-0.25, -0.2) is 4.79 Å². The minimum atomic E-state index is -0.504. The van der Waals surface area contributed by atoms with Gasteiger partial charge in [-0.1, -0.05) is 22.9 Å². The third-order valence-corrected chi connectivity index (χ3v) is 5.42. The van der Waals surface area contributed by atoms with Gasteiger partial charge in [-0.05, 0) is 49.6 Å². The molecule has 0 radical (unpaired) electrons. The quantitative estimate of drug-likeness (QED) is 0.629. The molecule has 0 fully saturated rings. The number of rotatable bonds is 7. The number of thiophene rings is 1. The number of ether oxygens (including phenoxy) is 2. The molecule has 2 rings (SSSR count). The normalized spacial score (nSPS) is 10.2. The van der Waals surface area contributed by atoms with Crippen molar-refractivity contribution in [2.75, 3.05) is 18.5 Å². The second-order valence-corrected chi connectivity index (χ2v) is 7.47. The average molecular weight is 451 g/mol. The highest BCUT2D eigenvalue weighted by atomic mass is 79.9. The monoisotopic (exact) mass is 450 g/mol.